The van der Waals surface area contributed by atoms with E-state index >= 15 is 0 Å². The van der Waals surface area contributed by atoms with Gasteiger partial charge in [0.1, 0.15) is 0 Å². The normalized spacial score (nSPS) is 13.0. The van der Waals surface area contributed by atoms with Crippen LogP contribution in [-0.4, -0.2) is 35.4 Å². The summed E-state index contributed by atoms with van der Waals surface area (Å²) in [5.41, 5.74) is 3.50. The van der Waals surface area contributed by atoms with E-state index < -0.39 is 5.97 Å². The van der Waals surface area contributed by atoms with E-state index in [9.17, 15) is 9.59 Å². The molecule has 1 aliphatic heterocycles. The standard InChI is InChI=1S/C23H28N2O5/c1-6-23(4,5)24-21(26)13-28-22(27)10-7-17-11-15(2)25(16(17)3)18-8-9-19-20(12-18)30-14-29-19/h7-12H,6,13-14H2,1-5H3,(H,24,26)/b10-7+. The van der Waals surface area contributed by atoms with Gasteiger partial charge in [-0.1, -0.05) is 6.92 Å². The molecule has 0 saturated carbocycles. The molecule has 0 aliphatic carbocycles. The van der Waals surface area contributed by atoms with E-state index in [1.54, 1.807) is 6.08 Å². The molecule has 1 aromatic carbocycles. The van der Waals surface area contributed by atoms with Crippen molar-refractivity contribution in [3.63, 3.8) is 0 Å². The van der Waals surface area contributed by atoms with Crippen LogP contribution in [0.3, 0.4) is 0 Å². The number of aromatic nitrogens is 1. The molecule has 0 bridgehead atoms. The first-order valence-electron chi connectivity index (χ1n) is 9.95. The third-order valence-corrected chi connectivity index (χ3v) is 5.19. The Labute approximate surface area is 176 Å². The summed E-state index contributed by atoms with van der Waals surface area (Å²) >= 11 is 0. The first-order chi connectivity index (χ1) is 14.2. The second kappa shape index (κ2) is 8.65. The van der Waals surface area contributed by atoms with Crippen molar-refractivity contribution < 1.29 is 23.8 Å². The van der Waals surface area contributed by atoms with Crippen LogP contribution in [0.2, 0.25) is 0 Å². The van der Waals surface area contributed by atoms with Gasteiger partial charge in [0, 0.05) is 34.8 Å². The number of rotatable bonds is 7. The number of amides is 1. The van der Waals surface area contributed by atoms with Crippen LogP contribution in [0.25, 0.3) is 11.8 Å². The van der Waals surface area contributed by atoms with Crippen LogP contribution >= 0.6 is 0 Å². The summed E-state index contributed by atoms with van der Waals surface area (Å²) in [6, 6.07) is 7.76. The average Bonchev–Trinajstić information content (AvgIpc) is 3.27. The predicted octanol–water partition coefficient (Wildman–Crippen LogP) is 3.68. The van der Waals surface area contributed by atoms with Crippen molar-refractivity contribution in [1.82, 2.24) is 9.88 Å². The fraction of sp³-hybridized carbons (Fsp3) is 0.391. The zero-order valence-corrected chi connectivity index (χ0v) is 18.1. The van der Waals surface area contributed by atoms with Crippen molar-refractivity contribution >= 4 is 18.0 Å². The van der Waals surface area contributed by atoms with Gasteiger partial charge < -0.3 is 24.1 Å². The highest BCUT2D eigenvalue weighted by Gasteiger charge is 2.19. The Hall–Kier alpha value is -3.22. The van der Waals surface area contributed by atoms with Crippen LogP contribution in [0.1, 0.15) is 44.1 Å². The minimum Gasteiger partial charge on any atom is -0.454 e. The zero-order chi connectivity index (χ0) is 21.9. The third kappa shape index (κ3) is 4.84. The van der Waals surface area contributed by atoms with Crippen molar-refractivity contribution in [2.24, 2.45) is 0 Å². The first kappa shape index (κ1) is 21.5. The summed E-state index contributed by atoms with van der Waals surface area (Å²) < 4.78 is 18.0. The maximum Gasteiger partial charge on any atom is 0.331 e. The molecular formula is C23H28N2O5. The van der Waals surface area contributed by atoms with E-state index in [4.69, 9.17) is 14.2 Å². The fourth-order valence-corrected chi connectivity index (χ4v) is 3.22. The predicted molar refractivity (Wildman–Crippen MR) is 114 cm³/mol. The van der Waals surface area contributed by atoms with Crippen LogP contribution in [0.15, 0.2) is 30.3 Å². The Morgan fingerprint density at radius 1 is 1.20 bits per heavy atom. The molecule has 7 heteroatoms. The number of ether oxygens (including phenoxy) is 3. The Bertz CT molecular complexity index is 988. The first-order valence-corrected chi connectivity index (χ1v) is 9.95. The third-order valence-electron chi connectivity index (χ3n) is 5.19. The number of esters is 1. The molecular weight excluding hydrogens is 384 g/mol. The maximum absolute atomic E-state index is 12.0. The Kier molecular flexibility index (Phi) is 6.20. The smallest absolute Gasteiger partial charge is 0.331 e. The zero-order valence-electron chi connectivity index (χ0n) is 18.1. The number of nitrogens with one attached hydrogen (secondary N) is 1. The fourth-order valence-electron chi connectivity index (χ4n) is 3.22. The van der Waals surface area contributed by atoms with Gasteiger partial charge >= 0.3 is 5.97 Å². The average molecular weight is 412 g/mol. The number of nitrogens with zero attached hydrogens (tertiary/aromatic N) is 1. The molecule has 1 aromatic heterocycles. The number of fused-ring (bicyclic) bond motifs is 1. The highest BCUT2D eigenvalue weighted by Crippen LogP contribution is 2.35. The van der Waals surface area contributed by atoms with Crippen molar-refractivity contribution in [1.29, 1.82) is 0 Å². The molecule has 1 N–H and O–H groups in total. The molecule has 2 aromatic rings. The maximum atomic E-state index is 12.0. The second-order valence-electron chi connectivity index (χ2n) is 7.93. The SMILES string of the molecule is CCC(C)(C)NC(=O)COC(=O)/C=C/c1cc(C)n(-c2ccc3c(c2)OCO3)c1C. The summed E-state index contributed by atoms with van der Waals surface area (Å²) in [4.78, 5) is 23.9. The number of benzene rings is 1. The van der Waals surface area contributed by atoms with Gasteiger partial charge in [-0.25, -0.2) is 4.79 Å². The lowest BCUT2D eigenvalue weighted by Gasteiger charge is -2.24. The Morgan fingerprint density at radius 2 is 1.93 bits per heavy atom. The summed E-state index contributed by atoms with van der Waals surface area (Å²) in [7, 11) is 0. The molecule has 7 nitrogen and oxygen atoms in total. The van der Waals surface area contributed by atoms with Gasteiger partial charge in [-0.2, -0.15) is 0 Å². The lowest BCUT2D eigenvalue weighted by molar-refractivity contribution is -0.144. The number of aryl methyl sites for hydroxylation is 1. The van der Waals surface area contributed by atoms with Gasteiger partial charge in [0.05, 0.1) is 0 Å². The van der Waals surface area contributed by atoms with Crippen molar-refractivity contribution in [2.45, 2.75) is 46.6 Å². The van der Waals surface area contributed by atoms with Crippen LogP contribution in [-0.2, 0) is 14.3 Å². The molecule has 3 rings (SSSR count). The molecule has 2 heterocycles. The largest absolute Gasteiger partial charge is 0.454 e. The molecule has 0 spiro atoms. The number of hydrogen-bond acceptors (Lipinski definition) is 5. The summed E-state index contributed by atoms with van der Waals surface area (Å²) in [5.74, 6) is 0.567. The van der Waals surface area contributed by atoms with Crippen LogP contribution in [0.4, 0.5) is 0 Å². The monoisotopic (exact) mass is 412 g/mol. The minimum absolute atomic E-state index is 0.229. The molecule has 1 aliphatic rings. The molecule has 0 radical (unpaired) electrons. The van der Waals surface area contributed by atoms with E-state index in [0.717, 1.165) is 34.8 Å². The molecule has 1 amide bonds. The van der Waals surface area contributed by atoms with Crippen molar-refractivity contribution in [2.75, 3.05) is 13.4 Å². The molecule has 160 valence electrons. The summed E-state index contributed by atoms with van der Waals surface area (Å²) in [6.07, 6.45) is 3.82. The molecule has 0 atom stereocenters. The lowest BCUT2D eigenvalue weighted by atomic mass is 10.0. The molecule has 0 fully saturated rings. The number of carbonyl (C=O) groups excluding carboxylic acids is 2. The molecule has 0 saturated heterocycles. The highest BCUT2D eigenvalue weighted by molar-refractivity contribution is 5.89. The van der Waals surface area contributed by atoms with E-state index in [2.05, 4.69) is 9.88 Å². The Balaban J connectivity index is 1.66. The van der Waals surface area contributed by atoms with Crippen molar-refractivity contribution in [3.05, 3.63) is 47.3 Å². The quantitative estimate of drug-likeness (QED) is 0.554. The van der Waals surface area contributed by atoms with E-state index in [-0.39, 0.29) is 24.8 Å². The van der Waals surface area contributed by atoms with Gasteiger partial charge in [0.15, 0.2) is 18.1 Å². The second-order valence-corrected chi connectivity index (χ2v) is 7.93. The molecule has 0 unspecified atom stereocenters. The van der Waals surface area contributed by atoms with E-state index in [1.807, 2.05) is 58.9 Å². The minimum atomic E-state index is -0.563. The van der Waals surface area contributed by atoms with Gasteiger partial charge in [-0.15, -0.1) is 0 Å². The summed E-state index contributed by atoms with van der Waals surface area (Å²) in [6.45, 7) is 9.71. The highest BCUT2D eigenvalue weighted by atomic mass is 16.7. The topological polar surface area (TPSA) is 78.8 Å². The molecule has 30 heavy (non-hydrogen) atoms. The van der Waals surface area contributed by atoms with Crippen LogP contribution < -0.4 is 14.8 Å². The van der Waals surface area contributed by atoms with Gasteiger partial charge in [-0.3, -0.25) is 4.79 Å². The summed E-state index contributed by atoms with van der Waals surface area (Å²) in [5, 5.41) is 2.83. The van der Waals surface area contributed by atoms with Gasteiger partial charge in [-0.05, 0) is 64.0 Å². The lowest BCUT2D eigenvalue weighted by Crippen LogP contribution is -2.44. The number of carbonyl (C=O) groups is 2. The Morgan fingerprint density at radius 3 is 2.67 bits per heavy atom. The van der Waals surface area contributed by atoms with E-state index in [1.165, 1.54) is 6.08 Å². The van der Waals surface area contributed by atoms with Gasteiger partial charge in [0.25, 0.3) is 5.91 Å². The number of hydrogen-bond donors (Lipinski definition) is 1. The van der Waals surface area contributed by atoms with Crippen LogP contribution in [0.5, 0.6) is 11.5 Å². The van der Waals surface area contributed by atoms with Gasteiger partial charge in [0.2, 0.25) is 6.79 Å². The van der Waals surface area contributed by atoms with Crippen molar-refractivity contribution in [3.8, 4) is 17.2 Å². The van der Waals surface area contributed by atoms with E-state index in [0.29, 0.717) is 5.75 Å². The van der Waals surface area contributed by atoms with Crippen LogP contribution in [0, 0.1) is 13.8 Å².